The summed E-state index contributed by atoms with van der Waals surface area (Å²) >= 11 is 0. The van der Waals surface area contributed by atoms with Gasteiger partial charge in [0.2, 0.25) is 11.7 Å². The molecule has 0 unspecified atom stereocenters. The molecule has 0 radical (unpaired) electrons. The van der Waals surface area contributed by atoms with Crippen molar-refractivity contribution in [2.24, 2.45) is 0 Å². The quantitative estimate of drug-likeness (QED) is 0.559. The van der Waals surface area contributed by atoms with Crippen LogP contribution >= 0.6 is 0 Å². The van der Waals surface area contributed by atoms with Crippen LogP contribution < -0.4 is 10.9 Å². The van der Waals surface area contributed by atoms with Crippen LogP contribution in [0.2, 0.25) is 0 Å². The highest BCUT2D eigenvalue weighted by Crippen LogP contribution is 2.22. The van der Waals surface area contributed by atoms with Crippen molar-refractivity contribution >= 4 is 11.7 Å². The molecule has 0 fully saturated rings. The molecule has 0 aliphatic heterocycles. The Labute approximate surface area is 173 Å². The van der Waals surface area contributed by atoms with E-state index in [4.69, 9.17) is 0 Å². The van der Waals surface area contributed by atoms with Gasteiger partial charge >= 0.3 is 0 Å². The van der Waals surface area contributed by atoms with Gasteiger partial charge in [-0.25, -0.2) is 0 Å². The highest BCUT2D eigenvalue weighted by molar-refractivity contribution is 5.76. The second kappa shape index (κ2) is 7.59. The number of nitrogens with one attached hydrogen (secondary N) is 1. The summed E-state index contributed by atoms with van der Waals surface area (Å²) in [7, 11) is 0. The summed E-state index contributed by atoms with van der Waals surface area (Å²) in [6.45, 7) is 0.562. The predicted octanol–water partition coefficient (Wildman–Crippen LogP) is 2.36. The molecule has 150 valence electrons. The van der Waals surface area contributed by atoms with Gasteiger partial charge in [0.15, 0.2) is 5.82 Å². The topological polar surface area (TPSA) is 81.3 Å². The number of hydrogen-bond donors (Lipinski definition) is 1. The Kier molecular flexibility index (Phi) is 4.63. The lowest BCUT2D eigenvalue weighted by Crippen LogP contribution is -2.31. The monoisotopic (exact) mass is 399 g/mol. The first-order valence-corrected chi connectivity index (χ1v) is 10.1. The maximum absolute atomic E-state index is 13.0. The number of hydrogen-bond acceptors (Lipinski definition) is 4. The average Bonchev–Trinajstić information content (AvgIpc) is 3.45. The number of carbonyl (C=O) groups is 1. The molecule has 0 atom stereocenters. The molecule has 1 amide bonds. The van der Waals surface area contributed by atoms with E-state index in [-0.39, 0.29) is 18.0 Å². The summed E-state index contributed by atoms with van der Waals surface area (Å²) in [6.07, 6.45) is 2.37. The highest BCUT2D eigenvalue weighted by Gasteiger charge is 2.25. The number of rotatable bonds is 5. The van der Waals surface area contributed by atoms with Crippen LogP contribution in [0.1, 0.15) is 23.2 Å². The molecule has 0 saturated carbocycles. The summed E-state index contributed by atoms with van der Waals surface area (Å²) in [5, 5.41) is 7.42. The Morgan fingerprint density at radius 3 is 2.50 bits per heavy atom. The zero-order valence-electron chi connectivity index (χ0n) is 16.4. The predicted molar refractivity (Wildman–Crippen MR) is 113 cm³/mol. The van der Waals surface area contributed by atoms with E-state index in [2.05, 4.69) is 15.4 Å². The lowest BCUT2D eigenvalue weighted by molar-refractivity contribution is -0.121. The maximum atomic E-state index is 13.0. The standard InChI is InChI=1S/C23H21N5O2/c29-20(24-14-16-8-3-1-4-9-16)15-27-19-13-7-12-18(19)22(30)28-23(27)25-21(26-28)17-10-5-2-6-11-17/h1-6,8-11H,7,12-15H2,(H,24,29). The van der Waals surface area contributed by atoms with Gasteiger partial charge < -0.3 is 9.88 Å². The summed E-state index contributed by atoms with van der Waals surface area (Å²) in [5.41, 5.74) is 3.38. The fraction of sp³-hybridized carbons (Fsp3) is 0.217. The Morgan fingerprint density at radius 2 is 1.73 bits per heavy atom. The molecule has 7 heteroatoms. The van der Waals surface area contributed by atoms with Gasteiger partial charge in [0.05, 0.1) is 0 Å². The number of amides is 1. The van der Waals surface area contributed by atoms with Crippen LogP contribution in [0.25, 0.3) is 17.2 Å². The van der Waals surface area contributed by atoms with E-state index in [9.17, 15) is 9.59 Å². The summed E-state index contributed by atoms with van der Waals surface area (Å²) in [6, 6.07) is 19.3. The van der Waals surface area contributed by atoms with Crippen molar-refractivity contribution in [1.29, 1.82) is 0 Å². The molecule has 2 aromatic carbocycles. The zero-order valence-corrected chi connectivity index (χ0v) is 16.4. The maximum Gasteiger partial charge on any atom is 0.279 e. The van der Waals surface area contributed by atoms with Crippen LogP contribution in [0, 0.1) is 0 Å². The van der Waals surface area contributed by atoms with E-state index >= 15 is 0 Å². The molecule has 5 rings (SSSR count). The number of benzene rings is 2. The fourth-order valence-electron chi connectivity index (χ4n) is 3.99. The molecular formula is C23H21N5O2. The van der Waals surface area contributed by atoms with Gasteiger partial charge in [0.25, 0.3) is 5.56 Å². The molecule has 0 saturated heterocycles. The lowest BCUT2D eigenvalue weighted by atomic mass is 10.2. The Morgan fingerprint density at radius 1 is 1.00 bits per heavy atom. The van der Waals surface area contributed by atoms with Crippen molar-refractivity contribution in [3.63, 3.8) is 0 Å². The van der Waals surface area contributed by atoms with Gasteiger partial charge in [0, 0.05) is 23.4 Å². The zero-order chi connectivity index (χ0) is 20.5. The van der Waals surface area contributed by atoms with Crippen molar-refractivity contribution in [2.45, 2.75) is 32.4 Å². The highest BCUT2D eigenvalue weighted by atomic mass is 16.2. The Bertz CT molecular complexity index is 1280. The summed E-state index contributed by atoms with van der Waals surface area (Å²) < 4.78 is 3.19. The van der Waals surface area contributed by atoms with Crippen molar-refractivity contribution in [1.82, 2.24) is 24.5 Å². The van der Waals surface area contributed by atoms with E-state index in [1.807, 2.05) is 65.2 Å². The van der Waals surface area contributed by atoms with Crippen molar-refractivity contribution in [3.8, 4) is 11.4 Å². The second-order valence-corrected chi connectivity index (χ2v) is 7.45. The van der Waals surface area contributed by atoms with Gasteiger partial charge in [-0.15, -0.1) is 5.10 Å². The minimum absolute atomic E-state index is 0.103. The normalized spacial score (nSPS) is 12.8. The van der Waals surface area contributed by atoms with Crippen molar-refractivity contribution in [2.75, 3.05) is 0 Å². The third-order valence-corrected chi connectivity index (χ3v) is 5.46. The van der Waals surface area contributed by atoms with E-state index in [0.29, 0.717) is 24.6 Å². The molecule has 1 N–H and O–H groups in total. The van der Waals surface area contributed by atoms with Gasteiger partial charge in [-0.3, -0.25) is 9.59 Å². The first-order valence-electron chi connectivity index (χ1n) is 10.1. The number of fused-ring (bicyclic) bond motifs is 2. The first kappa shape index (κ1) is 18.3. The van der Waals surface area contributed by atoms with Crippen LogP contribution in [0.3, 0.4) is 0 Å². The largest absolute Gasteiger partial charge is 0.350 e. The summed E-state index contributed by atoms with van der Waals surface area (Å²) in [5.74, 6) is 0.770. The number of carbonyl (C=O) groups excluding carboxylic acids is 1. The molecule has 1 aliphatic carbocycles. The Balaban J connectivity index is 1.52. The molecule has 2 heterocycles. The Hall–Kier alpha value is -3.74. The van der Waals surface area contributed by atoms with E-state index in [1.54, 1.807) is 0 Å². The summed E-state index contributed by atoms with van der Waals surface area (Å²) in [4.78, 5) is 30.3. The minimum atomic E-state index is -0.131. The van der Waals surface area contributed by atoms with Crippen LogP contribution in [-0.4, -0.2) is 25.1 Å². The van der Waals surface area contributed by atoms with Crippen LogP contribution in [0.5, 0.6) is 0 Å². The number of nitrogens with zero attached hydrogens (tertiary/aromatic N) is 4. The van der Waals surface area contributed by atoms with Crippen molar-refractivity contribution < 1.29 is 4.79 Å². The smallest absolute Gasteiger partial charge is 0.279 e. The first-order chi connectivity index (χ1) is 14.7. The van der Waals surface area contributed by atoms with E-state index < -0.39 is 0 Å². The van der Waals surface area contributed by atoms with Gasteiger partial charge in [-0.2, -0.15) is 9.50 Å². The van der Waals surface area contributed by atoms with Gasteiger partial charge in [0.1, 0.15) is 6.54 Å². The second-order valence-electron chi connectivity index (χ2n) is 7.45. The minimum Gasteiger partial charge on any atom is -0.350 e. The van der Waals surface area contributed by atoms with Crippen LogP contribution in [0.15, 0.2) is 65.5 Å². The third kappa shape index (κ3) is 3.28. The molecular weight excluding hydrogens is 378 g/mol. The lowest BCUT2D eigenvalue weighted by Gasteiger charge is -2.13. The van der Waals surface area contributed by atoms with Gasteiger partial charge in [-0.1, -0.05) is 60.7 Å². The fourth-order valence-corrected chi connectivity index (χ4v) is 3.99. The molecule has 1 aliphatic rings. The van der Waals surface area contributed by atoms with E-state index in [1.165, 1.54) is 4.52 Å². The SMILES string of the molecule is O=C(Cn1c2c(c(=O)n3nc(-c4ccccc4)nc13)CCC2)NCc1ccccc1. The molecule has 4 aromatic rings. The van der Waals surface area contributed by atoms with Crippen LogP contribution in [-0.2, 0) is 30.7 Å². The molecule has 0 spiro atoms. The van der Waals surface area contributed by atoms with Crippen LogP contribution in [0.4, 0.5) is 0 Å². The molecule has 0 bridgehead atoms. The average molecular weight is 399 g/mol. The molecule has 2 aromatic heterocycles. The van der Waals surface area contributed by atoms with Crippen molar-refractivity contribution in [3.05, 3.63) is 87.8 Å². The third-order valence-electron chi connectivity index (χ3n) is 5.46. The van der Waals surface area contributed by atoms with E-state index in [0.717, 1.165) is 35.2 Å². The molecule has 7 nitrogen and oxygen atoms in total. The molecule has 30 heavy (non-hydrogen) atoms. The number of aromatic nitrogens is 4. The van der Waals surface area contributed by atoms with Gasteiger partial charge in [-0.05, 0) is 24.8 Å².